The molecule has 0 heterocycles. The van der Waals surface area contributed by atoms with Crippen molar-refractivity contribution in [3.63, 3.8) is 0 Å². The Hall–Kier alpha value is -0.940. The minimum absolute atomic E-state index is 0.0781. The molecule has 2 unspecified atom stereocenters. The molecule has 1 aliphatic carbocycles. The Labute approximate surface area is 138 Å². The van der Waals surface area contributed by atoms with Gasteiger partial charge in [0.2, 0.25) is 0 Å². The van der Waals surface area contributed by atoms with Crippen LogP contribution in [0.2, 0.25) is 0 Å². The molecule has 21 heavy (non-hydrogen) atoms. The highest BCUT2D eigenvalue weighted by atomic mass is 127. The second kappa shape index (κ2) is 6.88. The molecule has 0 bridgehead atoms. The quantitative estimate of drug-likeness (QED) is 0.497. The Bertz CT molecular complexity index is 614. The summed E-state index contributed by atoms with van der Waals surface area (Å²) in [5, 5.41) is 0. The first-order chi connectivity index (χ1) is 10.3. The lowest BCUT2D eigenvalue weighted by molar-refractivity contribution is -0.0117. The molecule has 0 saturated carbocycles. The number of hydrogen-bond donors (Lipinski definition) is 0. The van der Waals surface area contributed by atoms with Crippen LogP contribution in [0.3, 0.4) is 0 Å². The van der Waals surface area contributed by atoms with Gasteiger partial charge >= 0.3 is 0 Å². The molecule has 0 saturated heterocycles. The summed E-state index contributed by atoms with van der Waals surface area (Å²) in [7, 11) is 0. The largest absolute Gasteiger partial charge is 0.365 e. The van der Waals surface area contributed by atoms with E-state index in [0.717, 1.165) is 23.7 Å². The summed E-state index contributed by atoms with van der Waals surface area (Å²) >= 11 is 2.27. The summed E-state index contributed by atoms with van der Waals surface area (Å²) in [6.45, 7) is 0. The highest BCUT2D eigenvalue weighted by Gasteiger charge is 2.25. The van der Waals surface area contributed by atoms with Crippen LogP contribution in [-0.2, 0) is 11.2 Å². The van der Waals surface area contributed by atoms with Crippen molar-refractivity contribution in [2.45, 2.75) is 31.5 Å². The molecule has 3 heteroatoms. The summed E-state index contributed by atoms with van der Waals surface area (Å²) in [6, 6.07) is 15.4. The van der Waals surface area contributed by atoms with Crippen LogP contribution in [0.15, 0.2) is 48.5 Å². The SMILES string of the molecule is Fc1ccccc1C(CI)OC1CCCc2ccccc21. The fourth-order valence-electron chi connectivity index (χ4n) is 2.98. The summed E-state index contributed by atoms with van der Waals surface area (Å²) < 4.78 is 21.0. The fourth-order valence-corrected chi connectivity index (χ4v) is 3.66. The summed E-state index contributed by atoms with van der Waals surface area (Å²) in [6.07, 6.45) is 3.15. The second-order valence-electron chi connectivity index (χ2n) is 5.38. The van der Waals surface area contributed by atoms with Gasteiger partial charge in [0.25, 0.3) is 0 Å². The maximum Gasteiger partial charge on any atom is 0.129 e. The van der Waals surface area contributed by atoms with Gasteiger partial charge in [-0.05, 0) is 36.5 Å². The Morgan fingerprint density at radius 3 is 2.71 bits per heavy atom. The highest BCUT2D eigenvalue weighted by Crippen LogP contribution is 2.37. The van der Waals surface area contributed by atoms with E-state index in [2.05, 4.69) is 46.9 Å². The number of aryl methyl sites for hydroxylation is 1. The Morgan fingerprint density at radius 2 is 1.90 bits per heavy atom. The van der Waals surface area contributed by atoms with Crippen LogP contribution < -0.4 is 0 Å². The van der Waals surface area contributed by atoms with Crippen molar-refractivity contribution >= 4 is 22.6 Å². The molecule has 0 aliphatic heterocycles. The summed E-state index contributed by atoms with van der Waals surface area (Å²) in [5.74, 6) is -0.178. The normalized spacial score (nSPS) is 19.0. The van der Waals surface area contributed by atoms with Crippen molar-refractivity contribution in [3.8, 4) is 0 Å². The van der Waals surface area contributed by atoms with Gasteiger partial charge in [0.1, 0.15) is 5.82 Å². The standard InChI is InChI=1S/C18H18FIO/c19-16-10-4-3-9-15(16)18(12-20)21-17-11-5-7-13-6-1-2-8-14(13)17/h1-4,6,8-10,17-18H,5,7,11-12H2. The van der Waals surface area contributed by atoms with Crippen LogP contribution in [0.25, 0.3) is 0 Å². The molecule has 0 N–H and O–H groups in total. The number of benzene rings is 2. The van der Waals surface area contributed by atoms with E-state index < -0.39 is 0 Å². The van der Waals surface area contributed by atoms with Crippen LogP contribution in [0.1, 0.15) is 41.7 Å². The molecule has 2 atom stereocenters. The molecule has 0 fully saturated rings. The van der Waals surface area contributed by atoms with Crippen molar-refractivity contribution in [2.24, 2.45) is 0 Å². The maximum atomic E-state index is 14.0. The second-order valence-corrected chi connectivity index (χ2v) is 6.26. The number of alkyl halides is 1. The number of fused-ring (bicyclic) bond motifs is 1. The third-order valence-electron chi connectivity index (χ3n) is 4.04. The van der Waals surface area contributed by atoms with Gasteiger partial charge in [0, 0.05) is 9.99 Å². The van der Waals surface area contributed by atoms with E-state index in [0.29, 0.717) is 5.56 Å². The fraction of sp³-hybridized carbons (Fsp3) is 0.333. The molecular weight excluding hydrogens is 378 g/mol. The zero-order chi connectivity index (χ0) is 14.7. The van der Waals surface area contributed by atoms with Gasteiger partial charge in [0.15, 0.2) is 0 Å². The zero-order valence-electron chi connectivity index (χ0n) is 11.8. The zero-order valence-corrected chi connectivity index (χ0v) is 13.9. The summed E-state index contributed by atoms with van der Waals surface area (Å²) in [5.41, 5.74) is 3.30. The molecule has 2 aromatic carbocycles. The molecule has 110 valence electrons. The van der Waals surface area contributed by atoms with Gasteiger partial charge in [-0.3, -0.25) is 0 Å². The lowest BCUT2D eigenvalue weighted by Crippen LogP contribution is -2.17. The third-order valence-corrected chi connectivity index (χ3v) is 4.84. The Kier molecular flexibility index (Phi) is 4.91. The summed E-state index contributed by atoms with van der Waals surface area (Å²) in [4.78, 5) is 0. The topological polar surface area (TPSA) is 9.23 Å². The highest BCUT2D eigenvalue weighted by molar-refractivity contribution is 14.1. The first kappa shape index (κ1) is 15.0. The molecule has 1 aliphatic rings. The lowest BCUT2D eigenvalue weighted by Gasteiger charge is -2.29. The average molecular weight is 396 g/mol. The van der Waals surface area contributed by atoms with Gasteiger partial charge in [-0.15, -0.1) is 0 Å². The van der Waals surface area contributed by atoms with Crippen LogP contribution in [0.4, 0.5) is 4.39 Å². The average Bonchev–Trinajstić information content (AvgIpc) is 2.53. The van der Waals surface area contributed by atoms with Crippen molar-refractivity contribution in [1.29, 1.82) is 0 Å². The van der Waals surface area contributed by atoms with E-state index in [1.165, 1.54) is 17.2 Å². The van der Waals surface area contributed by atoms with Gasteiger partial charge in [-0.25, -0.2) is 4.39 Å². The molecule has 0 aromatic heterocycles. The lowest BCUT2D eigenvalue weighted by atomic mass is 9.89. The van der Waals surface area contributed by atoms with Crippen LogP contribution in [0.5, 0.6) is 0 Å². The van der Waals surface area contributed by atoms with Crippen LogP contribution in [0, 0.1) is 5.82 Å². The molecule has 3 rings (SSSR count). The van der Waals surface area contributed by atoms with Crippen LogP contribution in [-0.4, -0.2) is 4.43 Å². The van der Waals surface area contributed by atoms with E-state index in [1.807, 2.05) is 12.1 Å². The first-order valence-corrected chi connectivity index (χ1v) is 8.86. The van der Waals surface area contributed by atoms with E-state index in [9.17, 15) is 4.39 Å². The molecule has 0 amide bonds. The van der Waals surface area contributed by atoms with Gasteiger partial charge in [-0.2, -0.15) is 0 Å². The Balaban J connectivity index is 1.84. The van der Waals surface area contributed by atoms with Crippen molar-refractivity contribution in [2.75, 3.05) is 4.43 Å². The number of hydrogen-bond acceptors (Lipinski definition) is 1. The number of ether oxygens (including phenoxy) is 1. The molecule has 1 nitrogen and oxygen atoms in total. The van der Waals surface area contributed by atoms with Crippen molar-refractivity contribution < 1.29 is 9.13 Å². The minimum atomic E-state index is -0.192. The molecule has 0 spiro atoms. The predicted molar refractivity (Wildman–Crippen MR) is 91.2 cm³/mol. The minimum Gasteiger partial charge on any atom is -0.365 e. The predicted octanol–water partition coefficient (Wildman–Crippen LogP) is 5.40. The van der Waals surface area contributed by atoms with Gasteiger partial charge in [0.05, 0.1) is 12.2 Å². The molecule has 0 radical (unpaired) electrons. The third kappa shape index (κ3) is 3.29. The van der Waals surface area contributed by atoms with E-state index in [1.54, 1.807) is 6.07 Å². The Morgan fingerprint density at radius 1 is 1.14 bits per heavy atom. The van der Waals surface area contributed by atoms with Crippen molar-refractivity contribution in [1.82, 2.24) is 0 Å². The van der Waals surface area contributed by atoms with Crippen LogP contribution >= 0.6 is 22.6 Å². The van der Waals surface area contributed by atoms with E-state index in [4.69, 9.17) is 4.74 Å². The molecule has 2 aromatic rings. The first-order valence-electron chi connectivity index (χ1n) is 7.33. The van der Waals surface area contributed by atoms with Gasteiger partial charge < -0.3 is 4.74 Å². The number of halogens is 2. The maximum absolute atomic E-state index is 14.0. The van der Waals surface area contributed by atoms with Crippen molar-refractivity contribution in [3.05, 3.63) is 71.0 Å². The smallest absolute Gasteiger partial charge is 0.129 e. The molecular formula is C18H18FIO. The monoisotopic (exact) mass is 396 g/mol. The number of rotatable bonds is 4. The van der Waals surface area contributed by atoms with E-state index in [-0.39, 0.29) is 18.0 Å². The van der Waals surface area contributed by atoms with Gasteiger partial charge in [-0.1, -0.05) is 65.1 Å². The van der Waals surface area contributed by atoms with E-state index >= 15 is 0 Å².